The number of non-ortho nitro benzene ring substituents is 1. The third kappa shape index (κ3) is 6.01. The molecule has 0 fully saturated rings. The highest BCUT2D eigenvalue weighted by atomic mass is 35.5. The first-order valence-electron chi connectivity index (χ1n) is 5.91. The number of rotatable bonds is 7. The van der Waals surface area contributed by atoms with E-state index in [1.54, 1.807) is 6.92 Å². The number of hydrogen-bond acceptors (Lipinski definition) is 6. The summed E-state index contributed by atoms with van der Waals surface area (Å²) in [5.41, 5.74) is 0.124. The zero-order chi connectivity index (χ0) is 15.8. The Kier molecular flexibility index (Phi) is 6.97. The molecule has 7 nitrogen and oxygen atoms in total. The summed E-state index contributed by atoms with van der Waals surface area (Å²) >= 11 is 6.95. The number of ether oxygens (including phenoxy) is 1. The number of nitrogens with one attached hydrogen (secondary N) is 1. The van der Waals surface area contributed by atoms with Crippen LogP contribution < -0.4 is 5.32 Å². The van der Waals surface area contributed by atoms with E-state index in [0.717, 1.165) is 17.8 Å². The number of hydrogen-bond donors (Lipinski definition) is 1. The van der Waals surface area contributed by atoms with Gasteiger partial charge in [-0.25, -0.2) is 0 Å². The van der Waals surface area contributed by atoms with Crippen molar-refractivity contribution in [3.8, 4) is 0 Å². The molecule has 1 amide bonds. The lowest BCUT2D eigenvalue weighted by Gasteiger charge is -2.07. The lowest BCUT2D eigenvalue weighted by molar-refractivity contribution is -0.384. The molecule has 0 spiro atoms. The monoisotopic (exact) mass is 332 g/mol. The van der Waals surface area contributed by atoms with Gasteiger partial charge in [-0.2, -0.15) is 0 Å². The molecule has 0 aliphatic carbocycles. The number of esters is 1. The second-order valence-electron chi connectivity index (χ2n) is 3.77. The van der Waals surface area contributed by atoms with Crippen LogP contribution >= 0.6 is 23.4 Å². The van der Waals surface area contributed by atoms with Gasteiger partial charge in [0, 0.05) is 12.1 Å². The molecular weight excluding hydrogens is 320 g/mol. The van der Waals surface area contributed by atoms with Gasteiger partial charge in [0.05, 0.1) is 33.7 Å². The number of thioether (sulfide) groups is 1. The predicted octanol–water partition coefficient (Wildman–Crippen LogP) is 2.48. The van der Waals surface area contributed by atoms with Crippen LogP contribution in [0.2, 0.25) is 5.02 Å². The maximum absolute atomic E-state index is 11.6. The molecule has 1 N–H and O–H groups in total. The van der Waals surface area contributed by atoms with Gasteiger partial charge in [0.2, 0.25) is 5.91 Å². The summed E-state index contributed by atoms with van der Waals surface area (Å²) in [5.74, 6) is -0.620. The molecule has 0 atom stereocenters. The maximum atomic E-state index is 11.6. The molecule has 1 aromatic carbocycles. The number of carbonyl (C=O) groups is 2. The zero-order valence-corrected chi connectivity index (χ0v) is 12.7. The Morgan fingerprint density at radius 3 is 2.71 bits per heavy atom. The summed E-state index contributed by atoms with van der Waals surface area (Å²) < 4.78 is 4.72. The summed E-state index contributed by atoms with van der Waals surface area (Å²) in [6.07, 6.45) is 0. The summed E-state index contributed by atoms with van der Waals surface area (Å²) in [6, 6.07) is 3.75. The minimum Gasteiger partial charge on any atom is -0.465 e. The van der Waals surface area contributed by atoms with E-state index >= 15 is 0 Å². The lowest BCUT2D eigenvalue weighted by atomic mass is 10.3. The van der Waals surface area contributed by atoms with Crippen molar-refractivity contribution in [2.75, 3.05) is 23.4 Å². The first-order valence-corrected chi connectivity index (χ1v) is 7.44. The smallest absolute Gasteiger partial charge is 0.315 e. The van der Waals surface area contributed by atoms with Gasteiger partial charge in [-0.3, -0.25) is 19.7 Å². The van der Waals surface area contributed by atoms with Crippen LogP contribution in [0.25, 0.3) is 0 Å². The Hall–Kier alpha value is -1.80. The van der Waals surface area contributed by atoms with Crippen LogP contribution in [0, 0.1) is 10.1 Å². The molecule has 9 heteroatoms. The van der Waals surface area contributed by atoms with Gasteiger partial charge in [-0.15, -0.1) is 11.8 Å². The van der Waals surface area contributed by atoms with E-state index in [4.69, 9.17) is 16.3 Å². The van der Waals surface area contributed by atoms with Crippen molar-refractivity contribution in [2.24, 2.45) is 0 Å². The molecule has 0 saturated heterocycles. The Labute approximate surface area is 130 Å². The third-order valence-electron chi connectivity index (χ3n) is 2.20. The van der Waals surface area contributed by atoms with Crippen molar-refractivity contribution in [2.45, 2.75) is 6.92 Å². The lowest BCUT2D eigenvalue weighted by Crippen LogP contribution is -2.16. The summed E-state index contributed by atoms with van der Waals surface area (Å²) in [4.78, 5) is 32.7. The van der Waals surface area contributed by atoms with Gasteiger partial charge >= 0.3 is 5.97 Å². The summed E-state index contributed by atoms with van der Waals surface area (Å²) in [7, 11) is 0. The third-order valence-corrected chi connectivity index (χ3v) is 3.41. The summed E-state index contributed by atoms with van der Waals surface area (Å²) in [5, 5.41) is 13.1. The number of halogens is 1. The molecule has 0 aromatic heterocycles. The van der Waals surface area contributed by atoms with Crippen LogP contribution in [0.3, 0.4) is 0 Å². The molecule has 114 valence electrons. The molecule has 0 radical (unpaired) electrons. The van der Waals surface area contributed by atoms with Crippen LogP contribution in [0.5, 0.6) is 0 Å². The molecule has 0 aliphatic rings. The van der Waals surface area contributed by atoms with Gasteiger partial charge < -0.3 is 10.1 Å². The molecule has 0 bridgehead atoms. The van der Waals surface area contributed by atoms with E-state index < -0.39 is 4.92 Å². The van der Waals surface area contributed by atoms with Gasteiger partial charge in [0.25, 0.3) is 5.69 Å². The topological polar surface area (TPSA) is 98.5 Å². The van der Waals surface area contributed by atoms with Crippen LogP contribution in [0.4, 0.5) is 11.4 Å². The summed E-state index contributed by atoms with van der Waals surface area (Å²) in [6.45, 7) is 2.00. The standard InChI is InChI=1S/C12H13ClN2O5S/c1-2-20-12(17)7-21-6-11(16)14-10-4-3-8(15(18)19)5-9(10)13/h3-5H,2,6-7H2,1H3,(H,14,16). The number of amides is 1. The van der Waals surface area contributed by atoms with E-state index in [2.05, 4.69) is 5.32 Å². The average Bonchev–Trinajstić information content (AvgIpc) is 2.41. The fourth-order valence-corrected chi connectivity index (χ4v) is 2.17. The van der Waals surface area contributed by atoms with Gasteiger partial charge in [-0.05, 0) is 13.0 Å². The number of carbonyl (C=O) groups excluding carboxylic acids is 2. The molecule has 1 aromatic rings. The van der Waals surface area contributed by atoms with E-state index in [0.29, 0.717) is 6.61 Å². The molecular formula is C12H13ClN2O5S. The first-order chi connectivity index (χ1) is 9.93. The van der Waals surface area contributed by atoms with E-state index in [9.17, 15) is 19.7 Å². The molecule has 0 saturated carbocycles. The normalized spacial score (nSPS) is 10.0. The Bertz CT molecular complexity index is 552. The highest BCUT2D eigenvalue weighted by molar-refractivity contribution is 8.00. The van der Waals surface area contributed by atoms with Crippen LogP contribution in [-0.4, -0.2) is 34.9 Å². The fraction of sp³-hybridized carbons (Fsp3) is 0.333. The Balaban J connectivity index is 2.48. The van der Waals surface area contributed by atoms with Crippen LogP contribution in [0.1, 0.15) is 6.92 Å². The maximum Gasteiger partial charge on any atom is 0.315 e. The van der Waals surface area contributed by atoms with Crippen molar-refractivity contribution >= 4 is 46.6 Å². The van der Waals surface area contributed by atoms with E-state index in [-0.39, 0.29) is 39.8 Å². The number of nitro benzene ring substituents is 1. The molecule has 0 aliphatic heterocycles. The van der Waals surface area contributed by atoms with Crippen LogP contribution in [-0.2, 0) is 14.3 Å². The number of benzene rings is 1. The quantitative estimate of drug-likeness (QED) is 0.468. The minimum absolute atomic E-state index is 0.0477. The second kappa shape index (κ2) is 8.48. The van der Waals surface area contributed by atoms with E-state index in [1.165, 1.54) is 12.1 Å². The van der Waals surface area contributed by atoms with Crippen molar-refractivity contribution < 1.29 is 19.2 Å². The average molecular weight is 333 g/mol. The van der Waals surface area contributed by atoms with E-state index in [1.807, 2.05) is 0 Å². The largest absolute Gasteiger partial charge is 0.465 e. The van der Waals surface area contributed by atoms with Crippen molar-refractivity contribution in [1.82, 2.24) is 0 Å². The van der Waals surface area contributed by atoms with Crippen molar-refractivity contribution in [3.63, 3.8) is 0 Å². The highest BCUT2D eigenvalue weighted by Crippen LogP contribution is 2.26. The first kappa shape index (κ1) is 17.3. The number of nitro groups is 1. The van der Waals surface area contributed by atoms with Crippen molar-refractivity contribution in [3.05, 3.63) is 33.3 Å². The molecule has 21 heavy (non-hydrogen) atoms. The predicted molar refractivity (Wildman–Crippen MR) is 80.7 cm³/mol. The van der Waals surface area contributed by atoms with Gasteiger partial charge in [0.15, 0.2) is 0 Å². The SMILES string of the molecule is CCOC(=O)CSCC(=O)Nc1ccc([N+](=O)[O-])cc1Cl. The Morgan fingerprint density at radius 2 is 2.14 bits per heavy atom. The molecule has 0 heterocycles. The molecule has 1 rings (SSSR count). The van der Waals surface area contributed by atoms with Gasteiger partial charge in [0.1, 0.15) is 0 Å². The molecule has 0 unspecified atom stereocenters. The zero-order valence-electron chi connectivity index (χ0n) is 11.1. The number of nitrogens with zero attached hydrogens (tertiary/aromatic N) is 1. The number of anilines is 1. The second-order valence-corrected chi connectivity index (χ2v) is 5.16. The van der Waals surface area contributed by atoms with Gasteiger partial charge in [-0.1, -0.05) is 11.6 Å². The van der Waals surface area contributed by atoms with Crippen LogP contribution in [0.15, 0.2) is 18.2 Å². The highest BCUT2D eigenvalue weighted by Gasteiger charge is 2.12. The fourth-order valence-electron chi connectivity index (χ4n) is 1.33. The Morgan fingerprint density at radius 1 is 1.43 bits per heavy atom. The minimum atomic E-state index is -0.577. The van der Waals surface area contributed by atoms with Crippen molar-refractivity contribution in [1.29, 1.82) is 0 Å².